The molecule has 0 fully saturated rings. The number of methoxy groups -OCH3 is 2. The van der Waals surface area contributed by atoms with Crippen molar-refractivity contribution < 1.29 is 22.7 Å². The molecular formula is C19H24N2O5S. The van der Waals surface area contributed by atoms with Gasteiger partial charge in [0.2, 0.25) is 15.9 Å². The van der Waals surface area contributed by atoms with Crippen molar-refractivity contribution in [2.75, 3.05) is 36.6 Å². The third-order valence-electron chi connectivity index (χ3n) is 3.90. The molecule has 0 radical (unpaired) electrons. The number of hydrogen-bond donors (Lipinski definition) is 1. The normalized spacial score (nSPS) is 10.9. The van der Waals surface area contributed by atoms with Crippen molar-refractivity contribution in [1.82, 2.24) is 0 Å². The monoisotopic (exact) mass is 392 g/mol. The van der Waals surface area contributed by atoms with E-state index in [1.165, 1.54) is 4.31 Å². The van der Waals surface area contributed by atoms with Crippen LogP contribution in [0.15, 0.2) is 48.5 Å². The van der Waals surface area contributed by atoms with Crippen molar-refractivity contribution in [1.29, 1.82) is 0 Å². The fraction of sp³-hybridized carbons (Fsp3) is 0.316. The second-order valence-corrected chi connectivity index (χ2v) is 7.82. The summed E-state index contributed by atoms with van der Waals surface area (Å²) in [5, 5.41) is 2.78. The Morgan fingerprint density at radius 1 is 0.963 bits per heavy atom. The molecule has 8 heteroatoms. The summed E-state index contributed by atoms with van der Waals surface area (Å²) in [4.78, 5) is 12.1. The molecule has 0 aliphatic rings. The zero-order valence-electron chi connectivity index (χ0n) is 15.6. The fourth-order valence-corrected chi connectivity index (χ4v) is 3.48. The van der Waals surface area contributed by atoms with E-state index < -0.39 is 10.0 Å². The Balaban J connectivity index is 1.93. The number of benzene rings is 2. The maximum Gasteiger partial charge on any atom is 0.232 e. The summed E-state index contributed by atoms with van der Waals surface area (Å²) in [6.45, 7) is 0.210. The number of carbonyl (C=O) groups is 1. The lowest BCUT2D eigenvalue weighted by atomic mass is 10.2. The SMILES string of the molecule is COc1ccc(NC(=O)CCCN(c2ccc(OC)cc2)S(C)(=O)=O)cc1. The number of nitrogens with zero attached hydrogens (tertiary/aromatic N) is 1. The van der Waals surface area contributed by atoms with Crippen molar-refractivity contribution in [3.05, 3.63) is 48.5 Å². The zero-order chi connectivity index (χ0) is 19.9. The number of rotatable bonds is 9. The number of amides is 1. The number of sulfonamides is 1. The molecule has 0 saturated carbocycles. The van der Waals surface area contributed by atoms with Gasteiger partial charge < -0.3 is 14.8 Å². The van der Waals surface area contributed by atoms with E-state index in [-0.39, 0.29) is 18.9 Å². The van der Waals surface area contributed by atoms with Crippen molar-refractivity contribution in [2.24, 2.45) is 0 Å². The predicted molar refractivity (Wildman–Crippen MR) is 106 cm³/mol. The Morgan fingerprint density at radius 3 is 1.96 bits per heavy atom. The molecule has 0 heterocycles. The standard InChI is InChI=1S/C19H24N2O5S/c1-25-17-10-6-15(7-11-17)20-19(22)5-4-14-21(27(3,23)24)16-8-12-18(26-2)13-9-16/h6-13H,4-5,14H2,1-3H3,(H,20,22). The number of ether oxygens (including phenoxy) is 2. The first-order chi connectivity index (χ1) is 12.8. The smallest absolute Gasteiger partial charge is 0.232 e. The number of anilines is 2. The molecule has 2 rings (SSSR count). The average Bonchev–Trinajstić information content (AvgIpc) is 2.65. The molecule has 0 aromatic heterocycles. The van der Waals surface area contributed by atoms with E-state index in [1.807, 2.05) is 0 Å². The van der Waals surface area contributed by atoms with Gasteiger partial charge in [0.05, 0.1) is 26.2 Å². The van der Waals surface area contributed by atoms with Gasteiger partial charge in [0.15, 0.2) is 0 Å². The van der Waals surface area contributed by atoms with Gasteiger partial charge >= 0.3 is 0 Å². The van der Waals surface area contributed by atoms with Crippen LogP contribution in [0.25, 0.3) is 0 Å². The number of nitrogens with one attached hydrogen (secondary N) is 1. The van der Waals surface area contributed by atoms with Gasteiger partial charge in [-0.15, -0.1) is 0 Å². The molecule has 1 amide bonds. The minimum Gasteiger partial charge on any atom is -0.497 e. The van der Waals surface area contributed by atoms with Crippen LogP contribution in [0, 0.1) is 0 Å². The maximum atomic E-state index is 12.1. The van der Waals surface area contributed by atoms with Crippen LogP contribution in [0.1, 0.15) is 12.8 Å². The Kier molecular flexibility index (Phi) is 7.06. The maximum absolute atomic E-state index is 12.1. The molecule has 7 nitrogen and oxygen atoms in total. The van der Waals surface area contributed by atoms with Crippen molar-refractivity contribution in [2.45, 2.75) is 12.8 Å². The first-order valence-electron chi connectivity index (χ1n) is 8.39. The summed E-state index contributed by atoms with van der Waals surface area (Å²) >= 11 is 0. The lowest BCUT2D eigenvalue weighted by Gasteiger charge is -2.22. The molecule has 2 aromatic rings. The predicted octanol–water partition coefficient (Wildman–Crippen LogP) is 2.89. The van der Waals surface area contributed by atoms with Crippen molar-refractivity contribution in [3.63, 3.8) is 0 Å². The molecule has 0 atom stereocenters. The van der Waals surface area contributed by atoms with E-state index in [0.29, 0.717) is 29.3 Å². The highest BCUT2D eigenvalue weighted by Gasteiger charge is 2.17. The molecule has 0 unspecified atom stereocenters. The van der Waals surface area contributed by atoms with E-state index in [4.69, 9.17) is 9.47 Å². The van der Waals surface area contributed by atoms with Crippen LogP contribution in [-0.2, 0) is 14.8 Å². The van der Waals surface area contributed by atoms with Crippen molar-refractivity contribution in [3.8, 4) is 11.5 Å². The van der Waals surface area contributed by atoms with E-state index >= 15 is 0 Å². The summed E-state index contributed by atoms with van der Waals surface area (Å²) < 4.78 is 35.6. The van der Waals surface area contributed by atoms with E-state index in [0.717, 1.165) is 6.26 Å². The third-order valence-corrected chi connectivity index (χ3v) is 5.09. The molecule has 0 saturated heterocycles. The molecule has 1 N–H and O–H groups in total. The van der Waals surface area contributed by atoms with Crippen LogP contribution in [0.5, 0.6) is 11.5 Å². The van der Waals surface area contributed by atoms with Gasteiger partial charge in [0.25, 0.3) is 0 Å². The van der Waals surface area contributed by atoms with Crippen LogP contribution in [0.3, 0.4) is 0 Å². The van der Waals surface area contributed by atoms with Crippen molar-refractivity contribution >= 4 is 27.3 Å². The zero-order valence-corrected chi connectivity index (χ0v) is 16.5. The molecule has 2 aromatic carbocycles. The van der Waals surface area contributed by atoms with Crippen LogP contribution in [-0.4, -0.2) is 41.3 Å². The van der Waals surface area contributed by atoms with Gasteiger partial charge in [-0.2, -0.15) is 0 Å². The minimum atomic E-state index is -3.46. The second kappa shape index (κ2) is 9.27. The van der Waals surface area contributed by atoms with Crippen LogP contribution < -0.4 is 19.1 Å². The highest BCUT2D eigenvalue weighted by Crippen LogP contribution is 2.22. The van der Waals surface area contributed by atoms with E-state index in [9.17, 15) is 13.2 Å². The topological polar surface area (TPSA) is 84.9 Å². The van der Waals surface area contributed by atoms with Crippen LogP contribution >= 0.6 is 0 Å². The first kappa shape index (κ1) is 20.6. The number of carbonyl (C=O) groups excluding carboxylic acids is 1. The Labute approximate surface area is 160 Å². The van der Waals surface area contributed by atoms with Crippen LogP contribution in [0.2, 0.25) is 0 Å². The summed E-state index contributed by atoms with van der Waals surface area (Å²) in [5.41, 5.74) is 1.20. The Morgan fingerprint density at radius 2 is 1.48 bits per heavy atom. The highest BCUT2D eigenvalue weighted by molar-refractivity contribution is 7.92. The van der Waals surface area contributed by atoms with Gasteiger partial charge in [-0.3, -0.25) is 9.10 Å². The lowest BCUT2D eigenvalue weighted by molar-refractivity contribution is -0.116. The molecule has 0 spiro atoms. The molecule has 0 bridgehead atoms. The fourth-order valence-electron chi connectivity index (χ4n) is 2.52. The molecule has 146 valence electrons. The molecule has 0 aliphatic heterocycles. The molecule has 0 aliphatic carbocycles. The average molecular weight is 392 g/mol. The Hall–Kier alpha value is -2.74. The van der Waals surface area contributed by atoms with Gasteiger partial charge in [0, 0.05) is 18.7 Å². The molecular weight excluding hydrogens is 368 g/mol. The van der Waals surface area contributed by atoms with Gasteiger partial charge in [-0.25, -0.2) is 8.42 Å². The Bertz CT molecular complexity index is 849. The van der Waals surface area contributed by atoms with E-state index in [1.54, 1.807) is 62.8 Å². The first-order valence-corrected chi connectivity index (χ1v) is 10.2. The van der Waals surface area contributed by atoms with Gasteiger partial charge in [-0.1, -0.05) is 0 Å². The summed E-state index contributed by atoms with van der Waals surface area (Å²) in [6, 6.07) is 13.8. The van der Waals surface area contributed by atoms with Gasteiger partial charge in [-0.05, 0) is 55.0 Å². The third kappa shape index (κ3) is 6.18. The highest BCUT2D eigenvalue weighted by atomic mass is 32.2. The second-order valence-electron chi connectivity index (χ2n) is 5.91. The quantitative estimate of drug-likeness (QED) is 0.709. The van der Waals surface area contributed by atoms with Gasteiger partial charge in [0.1, 0.15) is 11.5 Å². The summed E-state index contributed by atoms with van der Waals surface area (Å²) in [5.74, 6) is 1.17. The summed E-state index contributed by atoms with van der Waals surface area (Å²) in [7, 11) is -0.335. The largest absolute Gasteiger partial charge is 0.497 e. The summed E-state index contributed by atoms with van der Waals surface area (Å²) in [6.07, 6.45) is 1.74. The van der Waals surface area contributed by atoms with Crippen LogP contribution in [0.4, 0.5) is 11.4 Å². The lowest BCUT2D eigenvalue weighted by Crippen LogP contribution is -2.31. The van der Waals surface area contributed by atoms with E-state index in [2.05, 4.69) is 5.32 Å². The number of hydrogen-bond acceptors (Lipinski definition) is 5. The minimum absolute atomic E-state index is 0.177. The molecule has 27 heavy (non-hydrogen) atoms.